The maximum Gasteiger partial charge on any atom is 0.251 e. The molecule has 0 spiro atoms. The SMILES string of the molecule is O=C(NCCSc1ccc(Cl)cc1)c1ccc(CN2CCC(Cc3ccccc3)CC2)cc1. The number of nitrogens with one attached hydrogen (secondary N) is 1. The van der Waals surface area contributed by atoms with Gasteiger partial charge in [0.05, 0.1) is 0 Å². The molecule has 0 unspecified atom stereocenters. The van der Waals surface area contributed by atoms with Crippen LogP contribution in [0.5, 0.6) is 0 Å². The maximum absolute atomic E-state index is 12.4. The van der Waals surface area contributed by atoms with E-state index in [1.807, 2.05) is 36.4 Å². The lowest BCUT2D eigenvalue weighted by molar-refractivity contribution is 0.0956. The maximum atomic E-state index is 12.4. The summed E-state index contributed by atoms with van der Waals surface area (Å²) in [5, 5.41) is 3.75. The number of hydrogen-bond acceptors (Lipinski definition) is 3. The van der Waals surface area contributed by atoms with E-state index in [0.29, 0.717) is 6.54 Å². The minimum Gasteiger partial charge on any atom is -0.351 e. The van der Waals surface area contributed by atoms with Gasteiger partial charge in [-0.1, -0.05) is 54.1 Å². The Hall–Kier alpha value is -2.27. The van der Waals surface area contributed by atoms with Gasteiger partial charge >= 0.3 is 0 Å². The standard InChI is InChI=1S/C28H31ClN2OS/c29-26-10-12-27(13-11-26)33-19-16-30-28(32)25-8-6-24(7-9-25)21-31-17-14-23(15-18-31)20-22-4-2-1-3-5-22/h1-13,23H,14-21H2,(H,30,32). The van der Waals surface area contributed by atoms with Gasteiger partial charge in [0.15, 0.2) is 0 Å². The second-order valence-electron chi connectivity index (χ2n) is 8.66. The summed E-state index contributed by atoms with van der Waals surface area (Å²) >= 11 is 7.62. The Kier molecular flexibility index (Phi) is 8.87. The molecule has 0 aliphatic carbocycles. The highest BCUT2D eigenvalue weighted by molar-refractivity contribution is 7.99. The van der Waals surface area contributed by atoms with Gasteiger partial charge in [-0.05, 0) is 85.8 Å². The number of likely N-dealkylation sites (tertiary alicyclic amines) is 1. The number of rotatable bonds is 9. The number of carbonyl (C=O) groups excluding carboxylic acids is 1. The van der Waals surface area contributed by atoms with Crippen molar-refractivity contribution in [3.63, 3.8) is 0 Å². The van der Waals surface area contributed by atoms with Crippen molar-refractivity contribution in [3.8, 4) is 0 Å². The molecule has 1 fully saturated rings. The van der Waals surface area contributed by atoms with Crippen LogP contribution in [-0.4, -0.2) is 36.2 Å². The van der Waals surface area contributed by atoms with E-state index in [1.54, 1.807) is 11.8 Å². The average molecular weight is 479 g/mol. The Morgan fingerprint density at radius 1 is 0.909 bits per heavy atom. The van der Waals surface area contributed by atoms with Crippen molar-refractivity contribution < 1.29 is 4.79 Å². The summed E-state index contributed by atoms with van der Waals surface area (Å²) in [6.45, 7) is 3.87. The van der Waals surface area contributed by atoms with Crippen molar-refractivity contribution in [1.82, 2.24) is 10.2 Å². The Balaban J connectivity index is 1.16. The zero-order chi connectivity index (χ0) is 22.9. The molecule has 1 amide bonds. The van der Waals surface area contributed by atoms with Crippen LogP contribution in [0, 0.1) is 5.92 Å². The Bertz CT molecular complexity index is 1000. The first-order chi connectivity index (χ1) is 16.2. The topological polar surface area (TPSA) is 32.3 Å². The highest BCUT2D eigenvalue weighted by Gasteiger charge is 2.19. The molecule has 3 aromatic rings. The fourth-order valence-electron chi connectivity index (χ4n) is 4.28. The van der Waals surface area contributed by atoms with E-state index in [-0.39, 0.29) is 5.91 Å². The smallest absolute Gasteiger partial charge is 0.251 e. The van der Waals surface area contributed by atoms with Crippen LogP contribution in [0.25, 0.3) is 0 Å². The highest BCUT2D eigenvalue weighted by Crippen LogP contribution is 2.23. The van der Waals surface area contributed by atoms with E-state index < -0.39 is 0 Å². The van der Waals surface area contributed by atoms with Crippen molar-refractivity contribution >= 4 is 29.3 Å². The molecule has 172 valence electrons. The number of thioether (sulfide) groups is 1. The molecule has 1 heterocycles. The summed E-state index contributed by atoms with van der Waals surface area (Å²) in [5.74, 6) is 1.60. The number of benzene rings is 3. The number of nitrogens with zero attached hydrogens (tertiary/aromatic N) is 1. The number of carbonyl (C=O) groups is 1. The summed E-state index contributed by atoms with van der Waals surface area (Å²) in [6.07, 6.45) is 3.70. The van der Waals surface area contributed by atoms with Gasteiger partial charge < -0.3 is 5.32 Å². The molecule has 5 heteroatoms. The molecule has 4 rings (SSSR count). The monoisotopic (exact) mass is 478 g/mol. The fraction of sp³-hybridized carbons (Fsp3) is 0.321. The quantitative estimate of drug-likeness (QED) is 0.288. The molecular formula is C28H31ClN2OS. The van der Waals surface area contributed by atoms with Crippen molar-refractivity contribution in [2.24, 2.45) is 5.92 Å². The van der Waals surface area contributed by atoms with Crippen LogP contribution in [0.4, 0.5) is 0 Å². The first-order valence-electron chi connectivity index (χ1n) is 11.7. The summed E-state index contributed by atoms with van der Waals surface area (Å²) in [4.78, 5) is 16.1. The summed E-state index contributed by atoms with van der Waals surface area (Å²) in [7, 11) is 0. The molecule has 1 saturated heterocycles. The summed E-state index contributed by atoms with van der Waals surface area (Å²) < 4.78 is 0. The minimum atomic E-state index is -0.0139. The van der Waals surface area contributed by atoms with E-state index in [9.17, 15) is 4.79 Å². The van der Waals surface area contributed by atoms with Crippen LogP contribution in [0.3, 0.4) is 0 Å². The molecule has 33 heavy (non-hydrogen) atoms. The Morgan fingerprint density at radius 3 is 2.30 bits per heavy atom. The fourth-order valence-corrected chi connectivity index (χ4v) is 5.18. The van der Waals surface area contributed by atoms with Crippen LogP contribution in [-0.2, 0) is 13.0 Å². The van der Waals surface area contributed by atoms with E-state index in [1.165, 1.54) is 30.4 Å². The molecule has 1 aliphatic heterocycles. The second kappa shape index (κ2) is 12.3. The van der Waals surface area contributed by atoms with Crippen LogP contribution < -0.4 is 5.32 Å². The zero-order valence-electron chi connectivity index (χ0n) is 18.9. The predicted molar refractivity (Wildman–Crippen MR) is 139 cm³/mol. The van der Waals surface area contributed by atoms with Gasteiger partial charge in [-0.2, -0.15) is 0 Å². The first kappa shape index (κ1) is 23.9. The lowest BCUT2D eigenvalue weighted by Crippen LogP contribution is -2.33. The number of halogens is 1. The van der Waals surface area contributed by atoms with E-state index in [4.69, 9.17) is 11.6 Å². The molecule has 0 aromatic heterocycles. The third kappa shape index (κ3) is 7.63. The molecule has 0 saturated carbocycles. The Morgan fingerprint density at radius 2 is 1.61 bits per heavy atom. The van der Waals surface area contributed by atoms with Crippen molar-refractivity contribution in [1.29, 1.82) is 0 Å². The normalized spacial score (nSPS) is 14.8. The van der Waals surface area contributed by atoms with Crippen LogP contribution in [0.1, 0.15) is 34.3 Å². The van der Waals surface area contributed by atoms with Crippen molar-refractivity contribution in [2.45, 2.75) is 30.7 Å². The third-order valence-electron chi connectivity index (χ3n) is 6.17. The van der Waals surface area contributed by atoms with Gasteiger partial charge in [0, 0.05) is 34.3 Å². The molecule has 1 N–H and O–H groups in total. The van der Waals surface area contributed by atoms with E-state index in [0.717, 1.165) is 46.8 Å². The minimum absolute atomic E-state index is 0.0139. The van der Waals surface area contributed by atoms with Gasteiger partial charge in [-0.25, -0.2) is 0 Å². The first-order valence-corrected chi connectivity index (χ1v) is 13.0. The van der Waals surface area contributed by atoms with Gasteiger partial charge in [-0.15, -0.1) is 11.8 Å². The molecular weight excluding hydrogens is 448 g/mol. The zero-order valence-corrected chi connectivity index (χ0v) is 20.5. The third-order valence-corrected chi connectivity index (χ3v) is 7.43. The molecule has 0 bridgehead atoms. The van der Waals surface area contributed by atoms with Gasteiger partial charge in [0.1, 0.15) is 0 Å². The molecule has 3 nitrogen and oxygen atoms in total. The number of hydrogen-bond donors (Lipinski definition) is 1. The molecule has 0 atom stereocenters. The summed E-state index contributed by atoms with van der Waals surface area (Å²) in [6, 6.07) is 26.7. The lowest BCUT2D eigenvalue weighted by Gasteiger charge is -2.32. The molecule has 0 radical (unpaired) electrons. The lowest BCUT2D eigenvalue weighted by atomic mass is 9.90. The second-order valence-corrected chi connectivity index (χ2v) is 10.3. The van der Waals surface area contributed by atoms with Crippen molar-refractivity contribution in [2.75, 3.05) is 25.4 Å². The number of amides is 1. The van der Waals surface area contributed by atoms with Crippen LogP contribution in [0.15, 0.2) is 83.8 Å². The Labute approximate surface area is 206 Å². The largest absolute Gasteiger partial charge is 0.351 e. The summed E-state index contributed by atoms with van der Waals surface area (Å²) in [5.41, 5.74) is 3.44. The molecule has 1 aliphatic rings. The van der Waals surface area contributed by atoms with Gasteiger partial charge in [-0.3, -0.25) is 9.69 Å². The van der Waals surface area contributed by atoms with Crippen molar-refractivity contribution in [3.05, 3.63) is 101 Å². The number of piperidine rings is 1. The van der Waals surface area contributed by atoms with Crippen LogP contribution >= 0.6 is 23.4 Å². The van der Waals surface area contributed by atoms with Gasteiger partial charge in [0.25, 0.3) is 5.91 Å². The van der Waals surface area contributed by atoms with Crippen LogP contribution in [0.2, 0.25) is 5.02 Å². The van der Waals surface area contributed by atoms with E-state index >= 15 is 0 Å². The molecule has 3 aromatic carbocycles. The average Bonchev–Trinajstić information content (AvgIpc) is 2.85. The predicted octanol–water partition coefficient (Wildman–Crippen LogP) is 6.32. The highest BCUT2D eigenvalue weighted by atomic mass is 35.5. The van der Waals surface area contributed by atoms with E-state index in [2.05, 4.69) is 52.7 Å². The van der Waals surface area contributed by atoms with Gasteiger partial charge in [0.2, 0.25) is 0 Å².